The second kappa shape index (κ2) is 5.06. The number of aromatic nitrogens is 4. The molecule has 20 heavy (non-hydrogen) atoms. The van der Waals surface area contributed by atoms with Gasteiger partial charge in [-0.1, -0.05) is 6.42 Å². The van der Waals surface area contributed by atoms with E-state index in [-0.39, 0.29) is 5.38 Å². The molecule has 2 unspecified atom stereocenters. The van der Waals surface area contributed by atoms with Crippen LogP contribution in [0.15, 0.2) is 0 Å². The largest absolute Gasteiger partial charge is 0.309 e. The van der Waals surface area contributed by atoms with Gasteiger partial charge in [-0.25, -0.2) is 9.67 Å². The molecule has 2 aromatic heterocycles. The van der Waals surface area contributed by atoms with Crippen LogP contribution in [0.3, 0.4) is 0 Å². The molecule has 3 rings (SSSR count). The Bertz CT molecular complexity index is 621. The van der Waals surface area contributed by atoms with Crippen LogP contribution in [0.1, 0.15) is 63.0 Å². The maximum Gasteiger partial charge on any atom is 0.159 e. The summed E-state index contributed by atoms with van der Waals surface area (Å²) in [5.74, 6) is 1.74. The van der Waals surface area contributed by atoms with Crippen LogP contribution in [0.2, 0.25) is 0 Å². The average molecular weight is 295 g/mol. The van der Waals surface area contributed by atoms with Crippen LogP contribution in [0.4, 0.5) is 0 Å². The van der Waals surface area contributed by atoms with Crippen LogP contribution in [0.5, 0.6) is 0 Å². The number of nitrogens with zero attached hydrogens (tertiary/aromatic N) is 4. The molecule has 110 valence electrons. The predicted octanol–water partition coefficient (Wildman–Crippen LogP) is 4.22. The highest BCUT2D eigenvalue weighted by Crippen LogP contribution is 2.40. The Morgan fingerprint density at radius 3 is 2.55 bits per heavy atom. The van der Waals surface area contributed by atoms with Crippen LogP contribution in [-0.2, 0) is 6.54 Å². The minimum Gasteiger partial charge on any atom is -0.309 e. The van der Waals surface area contributed by atoms with E-state index in [4.69, 9.17) is 16.6 Å². The predicted molar refractivity (Wildman–Crippen MR) is 82.2 cm³/mol. The van der Waals surface area contributed by atoms with Crippen LogP contribution >= 0.6 is 11.6 Å². The summed E-state index contributed by atoms with van der Waals surface area (Å²) in [6.07, 6.45) is 3.98. The number of fused-ring (bicyclic) bond motifs is 1. The monoisotopic (exact) mass is 294 g/mol. The molecule has 1 aliphatic rings. The van der Waals surface area contributed by atoms with Crippen molar-refractivity contribution in [1.29, 1.82) is 0 Å². The lowest BCUT2D eigenvalue weighted by Crippen LogP contribution is -2.25. The van der Waals surface area contributed by atoms with Gasteiger partial charge in [-0.05, 0) is 46.5 Å². The Labute approximate surface area is 125 Å². The van der Waals surface area contributed by atoms with E-state index in [0.29, 0.717) is 6.04 Å². The molecule has 2 heterocycles. The fraction of sp³-hybridized carbons (Fsp3) is 0.733. The van der Waals surface area contributed by atoms with Gasteiger partial charge in [0.15, 0.2) is 5.65 Å². The third-order valence-corrected chi connectivity index (χ3v) is 4.86. The van der Waals surface area contributed by atoms with Gasteiger partial charge in [0.2, 0.25) is 0 Å². The smallest absolute Gasteiger partial charge is 0.159 e. The first kappa shape index (κ1) is 13.9. The number of alkyl halides is 1. The fourth-order valence-electron chi connectivity index (χ4n) is 3.24. The van der Waals surface area contributed by atoms with Gasteiger partial charge in [0.25, 0.3) is 0 Å². The maximum atomic E-state index is 6.38. The summed E-state index contributed by atoms with van der Waals surface area (Å²) in [6.45, 7) is 9.33. The Kier molecular flexibility index (Phi) is 3.53. The molecule has 0 N–H and O–H groups in total. The minimum atomic E-state index is -0.0744. The van der Waals surface area contributed by atoms with E-state index in [1.165, 1.54) is 19.3 Å². The van der Waals surface area contributed by atoms with E-state index < -0.39 is 0 Å². The third-order valence-electron chi connectivity index (χ3n) is 4.67. The topological polar surface area (TPSA) is 35.6 Å². The summed E-state index contributed by atoms with van der Waals surface area (Å²) in [5.41, 5.74) is 3.16. The Morgan fingerprint density at radius 2 is 2.05 bits per heavy atom. The van der Waals surface area contributed by atoms with Crippen molar-refractivity contribution in [3.63, 3.8) is 0 Å². The number of hydrogen-bond acceptors (Lipinski definition) is 2. The summed E-state index contributed by atoms with van der Waals surface area (Å²) < 4.78 is 4.41. The van der Waals surface area contributed by atoms with E-state index >= 15 is 0 Å². The number of imidazole rings is 1. The Hall–Kier alpha value is -1.03. The van der Waals surface area contributed by atoms with Gasteiger partial charge in [-0.2, -0.15) is 5.10 Å². The normalized spacial score (nSPS) is 19.2. The average Bonchev–Trinajstić information content (AvgIpc) is 2.85. The number of hydrogen-bond donors (Lipinski definition) is 0. The zero-order chi connectivity index (χ0) is 14.4. The maximum absolute atomic E-state index is 6.38. The molecule has 5 heteroatoms. The molecule has 0 saturated heterocycles. The molecular weight excluding hydrogens is 272 g/mol. The Balaban J connectivity index is 2.21. The second-order valence-electron chi connectivity index (χ2n) is 5.96. The van der Waals surface area contributed by atoms with E-state index in [2.05, 4.69) is 28.2 Å². The molecule has 0 radical (unpaired) electrons. The van der Waals surface area contributed by atoms with Crippen molar-refractivity contribution >= 4 is 22.8 Å². The third kappa shape index (κ3) is 1.96. The fourth-order valence-corrected chi connectivity index (χ4v) is 3.40. The molecular formula is C15H23ClN4. The van der Waals surface area contributed by atoms with E-state index in [1.807, 2.05) is 13.8 Å². The highest BCUT2D eigenvalue weighted by Gasteiger charge is 2.31. The SMILES string of the molecule is CCn1nc(C)c2nc(C(C)Cl)n(C(C)C3CCC3)c21. The zero-order valence-electron chi connectivity index (χ0n) is 12.7. The van der Waals surface area contributed by atoms with E-state index in [0.717, 1.165) is 35.1 Å². The van der Waals surface area contributed by atoms with Crippen molar-refractivity contribution in [2.45, 2.75) is 64.9 Å². The number of rotatable bonds is 4. The van der Waals surface area contributed by atoms with Gasteiger partial charge in [0, 0.05) is 12.6 Å². The first-order valence-corrected chi connectivity index (χ1v) is 8.07. The van der Waals surface area contributed by atoms with Gasteiger partial charge >= 0.3 is 0 Å². The van der Waals surface area contributed by atoms with E-state index in [1.54, 1.807) is 0 Å². The van der Waals surface area contributed by atoms with Crippen molar-refractivity contribution in [3.05, 3.63) is 11.5 Å². The van der Waals surface area contributed by atoms with Gasteiger partial charge in [0.1, 0.15) is 11.3 Å². The molecule has 0 aromatic carbocycles. The summed E-state index contributed by atoms with van der Waals surface area (Å²) >= 11 is 6.38. The molecule has 1 aliphatic carbocycles. The van der Waals surface area contributed by atoms with Gasteiger partial charge in [-0.15, -0.1) is 11.6 Å². The number of aryl methyl sites for hydroxylation is 2. The minimum absolute atomic E-state index is 0.0744. The summed E-state index contributed by atoms with van der Waals surface area (Å²) in [5, 5.41) is 4.53. The molecule has 0 aliphatic heterocycles. The van der Waals surface area contributed by atoms with E-state index in [9.17, 15) is 0 Å². The van der Waals surface area contributed by atoms with Gasteiger partial charge < -0.3 is 4.57 Å². The molecule has 1 saturated carbocycles. The standard InChI is InChI=1S/C15H23ClN4/c1-5-19-15-13(10(3)18-19)17-14(9(2)16)20(15)11(4)12-7-6-8-12/h9,11-12H,5-8H2,1-4H3. The summed E-state index contributed by atoms with van der Waals surface area (Å²) in [4.78, 5) is 4.79. The lowest BCUT2D eigenvalue weighted by atomic mass is 9.80. The first-order valence-electron chi connectivity index (χ1n) is 7.63. The van der Waals surface area contributed by atoms with Crippen molar-refractivity contribution in [1.82, 2.24) is 19.3 Å². The zero-order valence-corrected chi connectivity index (χ0v) is 13.5. The molecule has 0 amide bonds. The summed E-state index contributed by atoms with van der Waals surface area (Å²) in [6, 6.07) is 0.450. The van der Waals surface area contributed by atoms with Gasteiger partial charge in [-0.3, -0.25) is 0 Å². The van der Waals surface area contributed by atoms with Crippen molar-refractivity contribution in [2.24, 2.45) is 5.92 Å². The van der Waals surface area contributed by atoms with Crippen LogP contribution in [0.25, 0.3) is 11.2 Å². The Morgan fingerprint density at radius 1 is 1.35 bits per heavy atom. The number of halogens is 1. The highest BCUT2D eigenvalue weighted by atomic mass is 35.5. The lowest BCUT2D eigenvalue weighted by Gasteiger charge is -2.33. The van der Waals surface area contributed by atoms with Crippen LogP contribution in [0, 0.1) is 12.8 Å². The van der Waals surface area contributed by atoms with Crippen LogP contribution in [-0.4, -0.2) is 19.3 Å². The summed E-state index contributed by atoms with van der Waals surface area (Å²) in [7, 11) is 0. The molecule has 2 atom stereocenters. The van der Waals surface area contributed by atoms with Crippen molar-refractivity contribution in [3.8, 4) is 0 Å². The molecule has 4 nitrogen and oxygen atoms in total. The van der Waals surface area contributed by atoms with Gasteiger partial charge in [0.05, 0.1) is 11.1 Å². The highest BCUT2D eigenvalue weighted by molar-refractivity contribution is 6.20. The van der Waals surface area contributed by atoms with Crippen molar-refractivity contribution in [2.75, 3.05) is 0 Å². The first-order chi connectivity index (χ1) is 9.54. The molecule has 0 bridgehead atoms. The second-order valence-corrected chi connectivity index (χ2v) is 6.62. The quantitative estimate of drug-likeness (QED) is 0.791. The lowest BCUT2D eigenvalue weighted by molar-refractivity contribution is 0.221. The molecule has 0 spiro atoms. The molecule has 1 fully saturated rings. The van der Waals surface area contributed by atoms with Crippen LogP contribution < -0.4 is 0 Å². The molecule has 2 aromatic rings. The van der Waals surface area contributed by atoms with Crippen molar-refractivity contribution < 1.29 is 0 Å².